The minimum Gasteiger partial charge on any atom is -0.484 e. The van der Waals surface area contributed by atoms with Crippen LogP contribution in [0.2, 0.25) is 15.1 Å². The smallest absolute Gasteiger partial charge is 0.174 e. The van der Waals surface area contributed by atoms with E-state index in [1.807, 2.05) is 13.0 Å². The average molecular weight is 336 g/mol. The van der Waals surface area contributed by atoms with Gasteiger partial charge in [-0.1, -0.05) is 46.9 Å². The zero-order valence-corrected chi connectivity index (χ0v) is 13.0. The van der Waals surface area contributed by atoms with Crippen LogP contribution >= 0.6 is 34.8 Å². The number of hydrogen-bond donors (Lipinski definition) is 1. The van der Waals surface area contributed by atoms with E-state index in [-0.39, 0.29) is 6.61 Å². The topological polar surface area (TPSA) is 47.3 Å². The second kappa shape index (κ2) is 7.18. The summed E-state index contributed by atoms with van der Waals surface area (Å²) in [5.74, 6) is 1.06. The zero-order chi connectivity index (χ0) is 14.5. The van der Waals surface area contributed by atoms with Crippen molar-refractivity contribution in [2.24, 2.45) is 0 Å². The summed E-state index contributed by atoms with van der Waals surface area (Å²) in [6.45, 7) is 3.78. The standard InChI is InChI=1S/C13H13Cl3N2O2/c1-2-17-6-8-3-9(20-18-8)7-19-13-5-11(15)10(14)4-12(13)16/h3-5,17H,2,6-7H2,1H3. The summed E-state index contributed by atoms with van der Waals surface area (Å²) in [5.41, 5.74) is 0.825. The van der Waals surface area contributed by atoms with Crippen LogP contribution in [0.5, 0.6) is 5.75 Å². The van der Waals surface area contributed by atoms with Crippen LogP contribution in [0.3, 0.4) is 0 Å². The molecular weight excluding hydrogens is 323 g/mol. The van der Waals surface area contributed by atoms with Gasteiger partial charge in [-0.3, -0.25) is 0 Å². The predicted molar refractivity (Wildman–Crippen MR) is 79.7 cm³/mol. The van der Waals surface area contributed by atoms with E-state index in [9.17, 15) is 0 Å². The Bertz CT molecular complexity index is 587. The van der Waals surface area contributed by atoms with Crippen molar-refractivity contribution in [3.8, 4) is 5.75 Å². The number of nitrogens with zero attached hydrogens (tertiary/aromatic N) is 1. The number of rotatable bonds is 6. The number of benzene rings is 1. The highest BCUT2D eigenvalue weighted by Crippen LogP contribution is 2.34. The summed E-state index contributed by atoms with van der Waals surface area (Å²) in [6, 6.07) is 4.94. The second-order valence-corrected chi connectivity index (χ2v) is 5.27. The molecule has 1 heterocycles. The molecule has 0 bridgehead atoms. The fourth-order valence-electron chi connectivity index (χ4n) is 1.52. The fraction of sp³-hybridized carbons (Fsp3) is 0.308. The monoisotopic (exact) mass is 334 g/mol. The van der Waals surface area contributed by atoms with Crippen LogP contribution in [0.1, 0.15) is 18.4 Å². The van der Waals surface area contributed by atoms with Gasteiger partial charge in [0.2, 0.25) is 0 Å². The maximum absolute atomic E-state index is 6.02. The van der Waals surface area contributed by atoms with Gasteiger partial charge >= 0.3 is 0 Å². The molecule has 1 aromatic carbocycles. The maximum atomic E-state index is 6.02. The lowest BCUT2D eigenvalue weighted by Gasteiger charge is -2.07. The summed E-state index contributed by atoms with van der Waals surface area (Å²) in [7, 11) is 0. The van der Waals surface area contributed by atoms with Crippen LogP contribution in [0.25, 0.3) is 0 Å². The summed E-state index contributed by atoms with van der Waals surface area (Å²) < 4.78 is 10.7. The summed E-state index contributed by atoms with van der Waals surface area (Å²) in [6.07, 6.45) is 0. The van der Waals surface area contributed by atoms with Gasteiger partial charge in [0.15, 0.2) is 5.76 Å². The van der Waals surface area contributed by atoms with E-state index in [4.69, 9.17) is 44.1 Å². The normalized spacial score (nSPS) is 10.8. The van der Waals surface area contributed by atoms with E-state index >= 15 is 0 Å². The number of ether oxygens (including phenoxy) is 1. The molecule has 0 spiro atoms. The lowest BCUT2D eigenvalue weighted by atomic mass is 10.3. The molecule has 0 aliphatic heterocycles. The Hall–Kier alpha value is -0.940. The van der Waals surface area contributed by atoms with Gasteiger partial charge in [-0.05, 0) is 12.6 Å². The molecular formula is C13H13Cl3N2O2. The Balaban J connectivity index is 1.98. The Morgan fingerprint density at radius 1 is 1.15 bits per heavy atom. The minimum absolute atomic E-state index is 0.219. The molecule has 0 radical (unpaired) electrons. The van der Waals surface area contributed by atoms with Gasteiger partial charge in [0.05, 0.1) is 20.8 Å². The van der Waals surface area contributed by atoms with Crippen molar-refractivity contribution in [2.75, 3.05) is 6.54 Å². The molecule has 108 valence electrons. The van der Waals surface area contributed by atoms with Gasteiger partial charge in [0, 0.05) is 18.7 Å². The van der Waals surface area contributed by atoms with Gasteiger partial charge in [-0.25, -0.2) is 0 Å². The van der Waals surface area contributed by atoms with Crippen LogP contribution in [0.15, 0.2) is 22.7 Å². The Kier molecular flexibility index (Phi) is 5.54. The van der Waals surface area contributed by atoms with Gasteiger partial charge in [0.25, 0.3) is 0 Å². The maximum Gasteiger partial charge on any atom is 0.174 e. The first-order valence-electron chi connectivity index (χ1n) is 6.02. The minimum atomic E-state index is 0.219. The first-order valence-corrected chi connectivity index (χ1v) is 7.16. The fourth-order valence-corrected chi connectivity index (χ4v) is 2.12. The van der Waals surface area contributed by atoms with Crippen molar-refractivity contribution >= 4 is 34.8 Å². The van der Waals surface area contributed by atoms with E-state index in [0.717, 1.165) is 12.2 Å². The molecule has 7 heteroatoms. The number of hydrogen-bond acceptors (Lipinski definition) is 4. The van der Waals surface area contributed by atoms with Crippen LogP contribution in [-0.2, 0) is 13.2 Å². The van der Waals surface area contributed by atoms with Crippen molar-refractivity contribution in [3.63, 3.8) is 0 Å². The summed E-state index contributed by atoms with van der Waals surface area (Å²) in [4.78, 5) is 0. The molecule has 0 atom stereocenters. The molecule has 0 saturated carbocycles. The molecule has 0 amide bonds. The highest BCUT2D eigenvalue weighted by Gasteiger charge is 2.09. The summed E-state index contributed by atoms with van der Waals surface area (Å²) in [5, 5.41) is 8.25. The van der Waals surface area contributed by atoms with Gasteiger partial charge in [-0.15, -0.1) is 0 Å². The van der Waals surface area contributed by atoms with Crippen molar-refractivity contribution in [2.45, 2.75) is 20.1 Å². The highest BCUT2D eigenvalue weighted by molar-refractivity contribution is 6.43. The molecule has 0 fully saturated rings. The lowest BCUT2D eigenvalue weighted by molar-refractivity contribution is 0.248. The Labute approximate surface area is 131 Å². The van der Waals surface area contributed by atoms with E-state index in [0.29, 0.717) is 33.1 Å². The Morgan fingerprint density at radius 3 is 2.65 bits per heavy atom. The molecule has 20 heavy (non-hydrogen) atoms. The molecule has 0 aliphatic carbocycles. The van der Waals surface area contributed by atoms with E-state index in [2.05, 4.69) is 10.5 Å². The van der Waals surface area contributed by atoms with Gasteiger partial charge in [-0.2, -0.15) is 0 Å². The first-order chi connectivity index (χ1) is 9.60. The SMILES string of the molecule is CCNCc1cc(COc2cc(Cl)c(Cl)cc2Cl)on1. The highest BCUT2D eigenvalue weighted by atomic mass is 35.5. The average Bonchev–Trinajstić information content (AvgIpc) is 2.87. The third-order valence-corrected chi connectivity index (χ3v) is 3.53. The quantitative estimate of drug-likeness (QED) is 0.799. The number of nitrogens with one attached hydrogen (secondary N) is 1. The molecule has 2 aromatic rings. The van der Waals surface area contributed by atoms with Crippen LogP contribution < -0.4 is 10.1 Å². The van der Waals surface area contributed by atoms with Gasteiger partial charge in [0.1, 0.15) is 12.4 Å². The second-order valence-electron chi connectivity index (χ2n) is 4.05. The van der Waals surface area contributed by atoms with Crippen molar-refractivity contribution in [1.82, 2.24) is 10.5 Å². The molecule has 0 unspecified atom stereocenters. The predicted octanol–water partition coefficient (Wildman–Crippen LogP) is 4.32. The third-order valence-electron chi connectivity index (χ3n) is 2.51. The van der Waals surface area contributed by atoms with Crippen LogP contribution in [-0.4, -0.2) is 11.7 Å². The van der Waals surface area contributed by atoms with Crippen molar-refractivity contribution < 1.29 is 9.26 Å². The largest absolute Gasteiger partial charge is 0.484 e. The van der Waals surface area contributed by atoms with Crippen molar-refractivity contribution in [3.05, 3.63) is 44.7 Å². The van der Waals surface area contributed by atoms with Crippen LogP contribution in [0, 0.1) is 0 Å². The number of aromatic nitrogens is 1. The van der Waals surface area contributed by atoms with Crippen molar-refractivity contribution in [1.29, 1.82) is 0 Å². The van der Waals surface area contributed by atoms with E-state index in [1.54, 1.807) is 6.07 Å². The summed E-state index contributed by atoms with van der Waals surface area (Å²) >= 11 is 17.8. The molecule has 1 aromatic heterocycles. The zero-order valence-electron chi connectivity index (χ0n) is 10.8. The molecule has 0 aliphatic rings. The van der Waals surface area contributed by atoms with E-state index in [1.165, 1.54) is 6.07 Å². The number of halogens is 3. The van der Waals surface area contributed by atoms with E-state index < -0.39 is 0 Å². The van der Waals surface area contributed by atoms with Gasteiger partial charge < -0.3 is 14.6 Å². The lowest BCUT2D eigenvalue weighted by Crippen LogP contribution is -2.11. The molecule has 4 nitrogen and oxygen atoms in total. The molecule has 2 rings (SSSR count). The first kappa shape index (κ1) is 15.4. The molecule has 0 saturated heterocycles. The van der Waals surface area contributed by atoms with Crippen LogP contribution in [0.4, 0.5) is 0 Å². The molecule has 1 N–H and O–H groups in total. The third kappa shape index (κ3) is 4.03. The Morgan fingerprint density at radius 2 is 1.90 bits per heavy atom.